The van der Waals surface area contributed by atoms with Crippen molar-refractivity contribution in [2.75, 3.05) is 44.2 Å². The van der Waals surface area contributed by atoms with E-state index in [0.29, 0.717) is 18.2 Å². The third-order valence-electron chi connectivity index (χ3n) is 5.84. The molecule has 3 aliphatic heterocycles. The van der Waals surface area contributed by atoms with Gasteiger partial charge in [-0.2, -0.15) is 0 Å². The van der Waals surface area contributed by atoms with E-state index in [2.05, 4.69) is 34.1 Å². The van der Waals surface area contributed by atoms with E-state index in [1.54, 1.807) is 4.90 Å². The molecule has 0 aromatic heterocycles. The Morgan fingerprint density at radius 1 is 0.897 bits per heavy atom. The van der Waals surface area contributed by atoms with E-state index in [4.69, 9.17) is 4.84 Å². The number of anilines is 1. The zero-order valence-electron chi connectivity index (χ0n) is 16.7. The molecule has 0 bridgehead atoms. The number of hydrogen-bond donors (Lipinski definition) is 0. The van der Waals surface area contributed by atoms with Crippen molar-refractivity contribution in [3.05, 3.63) is 29.8 Å². The highest BCUT2D eigenvalue weighted by molar-refractivity contribution is 6.01. The first-order valence-electron chi connectivity index (χ1n) is 10.5. The molecule has 3 heterocycles. The Hall–Kier alpha value is -2.61. The van der Waals surface area contributed by atoms with Crippen LogP contribution in [0.25, 0.3) is 0 Å². The van der Waals surface area contributed by atoms with Gasteiger partial charge in [-0.15, -0.1) is 5.06 Å². The number of amides is 3. The number of benzene rings is 1. The molecule has 1 aromatic carbocycles. The fraction of sp³-hybridized carbons (Fsp3) is 0.571. The summed E-state index contributed by atoms with van der Waals surface area (Å²) >= 11 is 0. The molecular weight excluding hydrogens is 372 g/mol. The SMILES string of the molecule is O=C(ON1C(=O)CCC1=O)N1CCN(Cc2cccc(N3CCCCC3)c2)CC1. The average Bonchev–Trinajstić information content (AvgIpc) is 3.07. The lowest BCUT2D eigenvalue weighted by atomic mass is 10.1. The van der Waals surface area contributed by atoms with Crippen molar-refractivity contribution >= 4 is 23.6 Å². The molecular formula is C21H28N4O4. The topological polar surface area (TPSA) is 73.4 Å². The Kier molecular flexibility index (Phi) is 5.99. The molecule has 3 fully saturated rings. The molecule has 4 rings (SSSR count). The summed E-state index contributed by atoms with van der Waals surface area (Å²) in [5, 5.41) is 0.612. The standard InChI is InChI=1S/C21H28N4O4/c26-19-7-8-20(27)25(19)29-21(28)24-13-11-22(12-14-24)16-17-5-4-6-18(15-17)23-9-2-1-3-10-23/h4-6,15H,1-3,7-14,16H2. The number of imide groups is 1. The molecule has 0 aliphatic carbocycles. The molecule has 8 nitrogen and oxygen atoms in total. The first-order chi connectivity index (χ1) is 14.1. The molecule has 0 spiro atoms. The van der Waals surface area contributed by atoms with Crippen LogP contribution < -0.4 is 4.90 Å². The fourth-order valence-corrected chi connectivity index (χ4v) is 4.14. The summed E-state index contributed by atoms with van der Waals surface area (Å²) in [6.45, 7) is 5.59. The summed E-state index contributed by atoms with van der Waals surface area (Å²) in [6.07, 6.45) is 3.43. The van der Waals surface area contributed by atoms with Gasteiger partial charge in [0.2, 0.25) is 0 Å². The van der Waals surface area contributed by atoms with Crippen molar-refractivity contribution in [1.29, 1.82) is 0 Å². The van der Waals surface area contributed by atoms with Crippen LogP contribution in [0.5, 0.6) is 0 Å². The summed E-state index contributed by atoms with van der Waals surface area (Å²) in [6, 6.07) is 8.73. The third kappa shape index (κ3) is 4.70. The Bertz CT molecular complexity index is 754. The number of carbonyl (C=O) groups excluding carboxylic acids is 3. The maximum atomic E-state index is 12.3. The monoisotopic (exact) mass is 400 g/mol. The van der Waals surface area contributed by atoms with E-state index in [-0.39, 0.29) is 12.8 Å². The summed E-state index contributed by atoms with van der Waals surface area (Å²) in [7, 11) is 0. The Morgan fingerprint density at radius 2 is 1.59 bits per heavy atom. The second-order valence-corrected chi connectivity index (χ2v) is 7.92. The zero-order valence-corrected chi connectivity index (χ0v) is 16.7. The van der Waals surface area contributed by atoms with Crippen molar-refractivity contribution in [2.45, 2.75) is 38.6 Å². The molecule has 0 atom stereocenters. The molecule has 0 radical (unpaired) electrons. The largest absolute Gasteiger partial charge is 0.434 e. The van der Waals surface area contributed by atoms with Crippen molar-refractivity contribution in [1.82, 2.24) is 14.9 Å². The van der Waals surface area contributed by atoms with Gasteiger partial charge in [0.1, 0.15) is 0 Å². The highest BCUT2D eigenvalue weighted by Crippen LogP contribution is 2.22. The minimum absolute atomic E-state index is 0.108. The molecule has 1 aromatic rings. The lowest BCUT2D eigenvalue weighted by Crippen LogP contribution is -2.50. The summed E-state index contributed by atoms with van der Waals surface area (Å²) in [4.78, 5) is 46.8. The van der Waals surface area contributed by atoms with Gasteiger partial charge < -0.3 is 14.6 Å². The second kappa shape index (κ2) is 8.82. The van der Waals surface area contributed by atoms with Crippen molar-refractivity contribution in [3.8, 4) is 0 Å². The van der Waals surface area contributed by atoms with Crippen molar-refractivity contribution in [2.24, 2.45) is 0 Å². The van der Waals surface area contributed by atoms with Crippen LogP contribution in [0.2, 0.25) is 0 Å². The zero-order chi connectivity index (χ0) is 20.2. The summed E-state index contributed by atoms with van der Waals surface area (Å²) in [5.74, 6) is -0.897. The van der Waals surface area contributed by atoms with E-state index in [0.717, 1.165) is 32.7 Å². The van der Waals surface area contributed by atoms with Gasteiger partial charge in [-0.3, -0.25) is 14.5 Å². The first kappa shape index (κ1) is 19.7. The van der Waals surface area contributed by atoms with Crippen LogP contribution in [-0.2, 0) is 21.0 Å². The molecule has 156 valence electrons. The third-order valence-corrected chi connectivity index (χ3v) is 5.84. The number of piperidine rings is 1. The molecule has 3 amide bonds. The van der Waals surface area contributed by atoms with Crippen LogP contribution in [0.15, 0.2) is 24.3 Å². The van der Waals surface area contributed by atoms with Crippen LogP contribution in [0.4, 0.5) is 10.5 Å². The smallest absolute Gasteiger partial charge is 0.372 e. The minimum atomic E-state index is -0.625. The van der Waals surface area contributed by atoms with E-state index in [1.807, 2.05) is 0 Å². The maximum absolute atomic E-state index is 12.3. The van der Waals surface area contributed by atoms with E-state index >= 15 is 0 Å². The number of carbonyl (C=O) groups is 3. The maximum Gasteiger partial charge on any atom is 0.434 e. The van der Waals surface area contributed by atoms with Crippen LogP contribution in [-0.4, -0.2) is 72.0 Å². The van der Waals surface area contributed by atoms with E-state index in [9.17, 15) is 14.4 Å². The van der Waals surface area contributed by atoms with Gasteiger partial charge in [-0.25, -0.2) is 4.79 Å². The minimum Gasteiger partial charge on any atom is -0.372 e. The van der Waals surface area contributed by atoms with Crippen molar-refractivity contribution in [3.63, 3.8) is 0 Å². The normalized spacial score (nSPS) is 21.0. The Morgan fingerprint density at radius 3 is 2.28 bits per heavy atom. The predicted molar refractivity (Wildman–Crippen MR) is 107 cm³/mol. The Balaban J connectivity index is 1.27. The summed E-state index contributed by atoms with van der Waals surface area (Å²) < 4.78 is 0. The molecule has 3 saturated heterocycles. The second-order valence-electron chi connectivity index (χ2n) is 7.92. The van der Waals surface area contributed by atoms with Gasteiger partial charge in [-0.05, 0) is 37.0 Å². The molecule has 8 heteroatoms. The van der Waals surface area contributed by atoms with Crippen LogP contribution in [0, 0.1) is 0 Å². The lowest BCUT2D eigenvalue weighted by Gasteiger charge is -2.34. The highest BCUT2D eigenvalue weighted by Gasteiger charge is 2.34. The Labute approximate surface area is 170 Å². The van der Waals surface area contributed by atoms with Gasteiger partial charge in [0.25, 0.3) is 11.8 Å². The number of nitrogens with zero attached hydrogens (tertiary/aromatic N) is 4. The number of hydroxylamine groups is 2. The highest BCUT2D eigenvalue weighted by atomic mass is 16.7. The number of piperazine rings is 1. The predicted octanol–water partition coefficient (Wildman–Crippen LogP) is 2.00. The van der Waals surface area contributed by atoms with Crippen LogP contribution in [0.1, 0.15) is 37.7 Å². The summed E-state index contributed by atoms with van der Waals surface area (Å²) in [5.41, 5.74) is 2.57. The lowest BCUT2D eigenvalue weighted by molar-refractivity contribution is -0.174. The number of hydrogen-bond acceptors (Lipinski definition) is 6. The van der Waals surface area contributed by atoms with Crippen molar-refractivity contribution < 1.29 is 19.2 Å². The molecule has 29 heavy (non-hydrogen) atoms. The van der Waals surface area contributed by atoms with E-state index < -0.39 is 17.9 Å². The molecule has 0 N–H and O–H groups in total. The molecule has 0 saturated carbocycles. The van der Waals surface area contributed by atoms with E-state index in [1.165, 1.54) is 30.5 Å². The number of rotatable bonds is 4. The van der Waals surface area contributed by atoms with Gasteiger partial charge in [0.15, 0.2) is 0 Å². The fourth-order valence-electron chi connectivity index (χ4n) is 4.14. The average molecular weight is 400 g/mol. The van der Waals surface area contributed by atoms with Gasteiger partial charge >= 0.3 is 6.09 Å². The van der Waals surface area contributed by atoms with Crippen LogP contribution in [0.3, 0.4) is 0 Å². The van der Waals surface area contributed by atoms with Gasteiger partial charge in [0, 0.05) is 64.3 Å². The molecule has 3 aliphatic rings. The first-order valence-corrected chi connectivity index (χ1v) is 10.5. The van der Waals surface area contributed by atoms with Gasteiger partial charge in [-0.1, -0.05) is 12.1 Å². The van der Waals surface area contributed by atoms with Crippen LogP contribution >= 0.6 is 0 Å². The van der Waals surface area contributed by atoms with Gasteiger partial charge in [0.05, 0.1) is 0 Å². The molecule has 0 unspecified atom stereocenters. The quantitative estimate of drug-likeness (QED) is 0.720.